The van der Waals surface area contributed by atoms with Gasteiger partial charge in [0.25, 0.3) is 0 Å². The molecule has 21 heavy (non-hydrogen) atoms. The van der Waals surface area contributed by atoms with Gasteiger partial charge in [-0.15, -0.1) is 0 Å². The van der Waals surface area contributed by atoms with Crippen molar-refractivity contribution in [1.29, 1.82) is 0 Å². The van der Waals surface area contributed by atoms with E-state index in [-0.39, 0.29) is 19.6 Å². The van der Waals surface area contributed by atoms with Gasteiger partial charge in [-0.3, -0.25) is 14.4 Å². The molecule has 0 aliphatic rings. The summed E-state index contributed by atoms with van der Waals surface area (Å²) in [4.78, 5) is 35.5. The summed E-state index contributed by atoms with van der Waals surface area (Å²) in [5, 5.41) is 0. The summed E-state index contributed by atoms with van der Waals surface area (Å²) in [5.74, 6) is -2.67. The van der Waals surface area contributed by atoms with Gasteiger partial charge in [-0.1, -0.05) is 30.3 Å². The van der Waals surface area contributed by atoms with Gasteiger partial charge >= 0.3 is 11.9 Å². The minimum atomic E-state index is -0.975. The number of carbonyl (C=O) groups excluding carboxylic acids is 3. The Morgan fingerprint density at radius 2 is 1.62 bits per heavy atom. The quantitative estimate of drug-likeness (QED) is 0.541. The summed E-state index contributed by atoms with van der Waals surface area (Å²) < 4.78 is 9.67. The molecule has 1 aromatic carbocycles. The first kappa shape index (κ1) is 16.9. The van der Waals surface area contributed by atoms with Crippen LogP contribution in [0.1, 0.15) is 25.8 Å². The van der Waals surface area contributed by atoms with Crippen molar-refractivity contribution in [1.82, 2.24) is 0 Å². The van der Waals surface area contributed by atoms with Gasteiger partial charge in [0.15, 0.2) is 5.78 Å². The Morgan fingerprint density at radius 3 is 2.19 bits per heavy atom. The van der Waals surface area contributed by atoms with Gasteiger partial charge in [0.05, 0.1) is 13.2 Å². The van der Waals surface area contributed by atoms with E-state index in [0.29, 0.717) is 0 Å². The first-order chi connectivity index (χ1) is 10.1. The topological polar surface area (TPSA) is 69.7 Å². The standard InChI is InChI=1S/C16H20O5/c1-3-20-15(18)11-14(17)13(16(19)21-4-2)10-12-8-6-5-7-9-12/h5-9,13H,3-4,10-11H2,1-2H3/t13-/m0/s1. The Bertz CT molecular complexity index is 481. The van der Waals surface area contributed by atoms with Gasteiger partial charge in [-0.05, 0) is 25.8 Å². The zero-order valence-corrected chi connectivity index (χ0v) is 12.3. The lowest BCUT2D eigenvalue weighted by molar-refractivity contribution is -0.153. The molecule has 0 radical (unpaired) electrons. The van der Waals surface area contributed by atoms with Crippen molar-refractivity contribution in [3.8, 4) is 0 Å². The largest absolute Gasteiger partial charge is 0.466 e. The number of ether oxygens (including phenoxy) is 2. The summed E-state index contributed by atoms with van der Waals surface area (Å²) in [5.41, 5.74) is 0.841. The van der Waals surface area contributed by atoms with Crippen molar-refractivity contribution in [2.24, 2.45) is 5.92 Å². The highest BCUT2D eigenvalue weighted by atomic mass is 16.5. The zero-order chi connectivity index (χ0) is 15.7. The minimum Gasteiger partial charge on any atom is -0.466 e. The fraction of sp³-hybridized carbons (Fsp3) is 0.438. The van der Waals surface area contributed by atoms with E-state index < -0.39 is 30.1 Å². The second kappa shape index (κ2) is 8.89. The molecule has 0 aromatic heterocycles. The van der Waals surface area contributed by atoms with Crippen molar-refractivity contribution < 1.29 is 23.9 Å². The van der Waals surface area contributed by atoms with Crippen LogP contribution in [0.25, 0.3) is 0 Å². The van der Waals surface area contributed by atoms with Crippen LogP contribution in [-0.4, -0.2) is 30.9 Å². The summed E-state index contributed by atoms with van der Waals surface area (Å²) in [6.07, 6.45) is -0.192. The Balaban J connectivity index is 2.79. The van der Waals surface area contributed by atoms with Crippen molar-refractivity contribution in [3.05, 3.63) is 35.9 Å². The van der Waals surface area contributed by atoms with E-state index in [0.717, 1.165) is 5.56 Å². The molecule has 1 rings (SSSR count). The summed E-state index contributed by atoms with van der Waals surface area (Å²) >= 11 is 0. The monoisotopic (exact) mass is 292 g/mol. The van der Waals surface area contributed by atoms with Gasteiger partial charge in [0, 0.05) is 0 Å². The number of esters is 2. The molecule has 0 spiro atoms. The van der Waals surface area contributed by atoms with E-state index in [4.69, 9.17) is 9.47 Å². The van der Waals surface area contributed by atoms with Gasteiger partial charge in [0.2, 0.25) is 0 Å². The maximum atomic E-state index is 12.1. The predicted molar refractivity (Wildman–Crippen MR) is 76.5 cm³/mol. The lowest BCUT2D eigenvalue weighted by atomic mass is 9.93. The van der Waals surface area contributed by atoms with Crippen LogP contribution in [0.4, 0.5) is 0 Å². The smallest absolute Gasteiger partial charge is 0.316 e. The fourth-order valence-electron chi connectivity index (χ4n) is 1.90. The van der Waals surface area contributed by atoms with E-state index >= 15 is 0 Å². The Labute approximate surface area is 124 Å². The van der Waals surface area contributed by atoms with Crippen LogP contribution < -0.4 is 0 Å². The van der Waals surface area contributed by atoms with Crippen molar-refractivity contribution in [2.75, 3.05) is 13.2 Å². The first-order valence-corrected chi connectivity index (χ1v) is 6.97. The van der Waals surface area contributed by atoms with Crippen molar-refractivity contribution in [2.45, 2.75) is 26.7 Å². The molecule has 114 valence electrons. The van der Waals surface area contributed by atoms with Crippen LogP contribution >= 0.6 is 0 Å². The molecule has 1 atom stereocenters. The lowest BCUT2D eigenvalue weighted by Crippen LogP contribution is -2.30. The van der Waals surface area contributed by atoms with Crippen LogP contribution in [0.3, 0.4) is 0 Å². The van der Waals surface area contributed by atoms with E-state index in [2.05, 4.69) is 0 Å². The average Bonchev–Trinajstić information content (AvgIpc) is 2.46. The second-order valence-electron chi connectivity index (χ2n) is 4.44. The Kier molecular flexibility index (Phi) is 7.15. The third-order valence-electron chi connectivity index (χ3n) is 2.87. The van der Waals surface area contributed by atoms with Crippen LogP contribution in [-0.2, 0) is 30.3 Å². The number of Topliss-reactive ketones (excluding diaryl/α,β-unsaturated/α-hetero) is 1. The van der Waals surface area contributed by atoms with Crippen molar-refractivity contribution >= 4 is 17.7 Å². The number of benzene rings is 1. The van der Waals surface area contributed by atoms with Crippen LogP contribution in [0, 0.1) is 5.92 Å². The SMILES string of the molecule is CCOC(=O)CC(=O)[C@H](Cc1ccccc1)C(=O)OCC. The molecule has 0 fully saturated rings. The van der Waals surface area contributed by atoms with E-state index in [1.54, 1.807) is 13.8 Å². The van der Waals surface area contributed by atoms with Crippen LogP contribution in [0.15, 0.2) is 30.3 Å². The molecule has 0 saturated heterocycles. The molecule has 5 nitrogen and oxygen atoms in total. The molecule has 1 aromatic rings. The summed E-state index contributed by atoms with van der Waals surface area (Å²) in [7, 11) is 0. The predicted octanol–water partition coefficient (Wildman–Crippen LogP) is 1.93. The van der Waals surface area contributed by atoms with Crippen LogP contribution in [0.5, 0.6) is 0 Å². The number of hydrogen-bond donors (Lipinski definition) is 0. The summed E-state index contributed by atoms with van der Waals surface area (Å²) in [6, 6.07) is 9.15. The average molecular weight is 292 g/mol. The summed E-state index contributed by atoms with van der Waals surface area (Å²) in [6.45, 7) is 3.73. The normalized spacial score (nSPS) is 11.5. The van der Waals surface area contributed by atoms with Gasteiger partial charge < -0.3 is 9.47 Å². The number of rotatable bonds is 8. The highest BCUT2D eigenvalue weighted by molar-refractivity contribution is 6.06. The third kappa shape index (κ3) is 5.77. The lowest BCUT2D eigenvalue weighted by Gasteiger charge is -2.14. The molecule has 0 aliphatic heterocycles. The molecule has 5 heteroatoms. The van der Waals surface area contributed by atoms with E-state index in [9.17, 15) is 14.4 Å². The second-order valence-corrected chi connectivity index (χ2v) is 4.44. The molecule has 0 N–H and O–H groups in total. The van der Waals surface area contributed by atoms with Gasteiger partial charge in [-0.25, -0.2) is 0 Å². The molecule has 0 saturated carbocycles. The Morgan fingerprint density at radius 1 is 1.00 bits per heavy atom. The number of ketones is 1. The molecular formula is C16H20O5. The van der Waals surface area contributed by atoms with Crippen LogP contribution in [0.2, 0.25) is 0 Å². The molecule has 0 heterocycles. The van der Waals surface area contributed by atoms with E-state index in [1.807, 2.05) is 30.3 Å². The van der Waals surface area contributed by atoms with Gasteiger partial charge in [0.1, 0.15) is 12.3 Å². The third-order valence-corrected chi connectivity index (χ3v) is 2.87. The molecule has 0 amide bonds. The highest BCUT2D eigenvalue weighted by Gasteiger charge is 2.29. The first-order valence-electron chi connectivity index (χ1n) is 6.97. The molecule has 0 bridgehead atoms. The molecular weight excluding hydrogens is 272 g/mol. The number of carbonyl (C=O) groups is 3. The maximum absolute atomic E-state index is 12.1. The minimum absolute atomic E-state index is 0.191. The zero-order valence-electron chi connectivity index (χ0n) is 12.3. The van der Waals surface area contributed by atoms with Gasteiger partial charge in [-0.2, -0.15) is 0 Å². The highest BCUT2D eigenvalue weighted by Crippen LogP contribution is 2.14. The Hall–Kier alpha value is -2.17. The maximum Gasteiger partial charge on any atom is 0.316 e. The number of hydrogen-bond acceptors (Lipinski definition) is 5. The van der Waals surface area contributed by atoms with Crippen molar-refractivity contribution in [3.63, 3.8) is 0 Å². The fourth-order valence-corrected chi connectivity index (χ4v) is 1.90. The molecule has 0 aliphatic carbocycles. The molecule has 0 unspecified atom stereocenters. The van der Waals surface area contributed by atoms with E-state index in [1.165, 1.54) is 0 Å².